The monoisotopic (exact) mass is 193 g/mol. The van der Waals surface area contributed by atoms with Gasteiger partial charge in [-0.1, -0.05) is 18.2 Å². The van der Waals surface area contributed by atoms with E-state index in [9.17, 15) is 14.4 Å². The van der Waals surface area contributed by atoms with Gasteiger partial charge in [0.15, 0.2) is 6.29 Å². The van der Waals surface area contributed by atoms with Crippen LogP contribution in [0.5, 0.6) is 0 Å². The van der Waals surface area contributed by atoms with Crippen LogP contribution in [0.25, 0.3) is 0 Å². The summed E-state index contributed by atoms with van der Waals surface area (Å²) < 4.78 is 0. The smallest absolute Gasteiger partial charge is 0.320 e. The third-order valence-corrected chi connectivity index (χ3v) is 1.53. The van der Waals surface area contributed by atoms with Crippen molar-refractivity contribution in [3.05, 3.63) is 35.4 Å². The quantitative estimate of drug-likeness (QED) is 0.552. The fourth-order valence-electron chi connectivity index (χ4n) is 0.939. The molecule has 0 atom stereocenters. The number of amides is 1. The number of hydrogen-bond donors (Lipinski definition) is 1. The molecular formula is C9H7NO4. The molecule has 1 amide bonds. The van der Waals surface area contributed by atoms with Crippen molar-refractivity contribution in [2.75, 3.05) is 0 Å². The van der Waals surface area contributed by atoms with Gasteiger partial charge in [-0.3, -0.25) is 14.4 Å². The van der Waals surface area contributed by atoms with E-state index in [4.69, 9.17) is 0 Å². The number of benzene rings is 1. The molecule has 1 rings (SSSR count). The van der Waals surface area contributed by atoms with Crippen molar-refractivity contribution in [3.8, 4) is 0 Å². The van der Waals surface area contributed by atoms with Crippen molar-refractivity contribution in [3.63, 3.8) is 0 Å². The number of carbonyl (C=O) groups excluding carboxylic acids is 3. The van der Waals surface area contributed by atoms with Gasteiger partial charge < -0.3 is 4.84 Å². The second kappa shape index (κ2) is 4.76. The van der Waals surface area contributed by atoms with E-state index >= 15 is 0 Å². The molecule has 0 aliphatic heterocycles. The van der Waals surface area contributed by atoms with Gasteiger partial charge in [0.25, 0.3) is 5.91 Å². The van der Waals surface area contributed by atoms with Gasteiger partial charge in [-0.25, -0.2) is 0 Å². The first kappa shape index (κ1) is 9.91. The highest BCUT2D eigenvalue weighted by Gasteiger charge is 2.09. The Labute approximate surface area is 79.6 Å². The Hall–Kier alpha value is -2.17. The summed E-state index contributed by atoms with van der Waals surface area (Å²) in [5.41, 5.74) is 2.25. The van der Waals surface area contributed by atoms with Gasteiger partial charge in [0.2, 0.25) is 0 Å². The fraction of sp³-hybridized carbons (Fsp3) is 0. The lowest BCUT2D eigenvalue weighted by atomic mass is 10.1. The van der Waals surface area contributed by atoms with E-state index < -0.39 is 5.91 Å². The molecule has 0 spiro atoms. The van der Waals surface area contributed by atoms with Crippen LogP contribution in [0, 0.1) is 0 Å². The van der Waals surface area contributed by atoms with Gasteiger partial charge in [-0.2, -0.15) is 5.48 Å². The molecule has 72 valence electrons. The summed E-state index contributed by atoms with van der Waals surface area (Å²) in [6.45, 7) is 0.0847. The maximum absolute atomic E-state index is 11.2. The molecule has 1 aromatic carbocycles. The zero-order valence-electron chi connectivity index (χ0n) is 7.10. The Balaban J connectivity index is 2.88. The van der Waals surface area contributed by atoms with E-state index in [-0.39, 0.29) is 17.6 Å². The molecule has 0 fully saturated rings. The van der Waals surface area contributed by atoms with E-state index in [1.54, 1.807) is 12.1 Å². The first-order valence-corrected chi connectivity index (χ1v) is 3.73. The molecule has 5 heteroatoms. The molecule has 5 nitrogen and oxygen atoms in total. The number of aldehydes is 1. The average molecular weight is 193 g/mol. The molecule has 1 N–H and O–H groups in total. The molecule has 1 aromatic rings. The van der Waals surface area contributed by atoms with Crippen LogP contribution in [0.1, 0.15) is 20.7 Å². The molecule has 0 heterocycles. The summed E-state index contributed by atoms with van der Waals surface area (Å²) in [7, 11) is 0. The highest BCUT2D eigenvalue weighted by atomic mass is 16.7. The minimum absolute atomic E-state index is 0.0847. The molecule has 0 aromatic heterocycles. The van der Waals surface area contributed by atoms with Gasteiger partial charge in [0.1, 0.15) is 0 Å². The van der Waals surface area contributed by atoms with Crippen molar-refractivity contribution in [1.29, 1.82) is 0 Å². The predicted molar refractivity (Wildman–Crippen MR) is 46.4 cm³/mol. The van der Waals surface area contributed by atoms with Crippen LogP contribution in [-0.4, -0.2) is 18.7 Å². The largest absolute Gasteiger partial charge is 0.344 e. The highest BCUT2D eigenvalue weighted by Crippen LogP contribution is 2.05. The standard InChI is InChI=1S/C9H7NO4/c11-5-7-3-1-2-4-8(7)9(13)10-14-6-12/h1-6H,(H,10,13). The Morgan fingerprint density at radius 3 is 2.64 bits per heavy atom. The first-order valence-electron chi connectivity index (χ1n) is 3.73. The van der Waals surface area contributed by atoms with Gasteiger partial charge in [-0.05, 0) is 6.07 Å². The van der Waals surface area contributed by atoms with Crippen LogP contribution < -0.4 is 5.48 Å². The van der Waals surface area contributed by atoms with Gasteiger partial charge in [0.05, 0.1) is 5.56 Å². The molecule has 0 radical (unpaired) electrons. The topological polar surface area (TPSA) is 72.5 Å². The lowest BCUT2D eigenvalue weighted by Gasteiger charge is -2.02. The lowest BCUT2D eigenvalue weighted by molar-refractivity contribution is -0.133. The maximum atomic E-state index is 11.2. The minimum atomic E-state index is -0.639. The van der Waals surface area contributed by atoms with E-state index in [0.29, 0.717) is 6.29 Å². The SMILES string of the molecule is O=CONC(=O)c1ccccc1C=O. The summed E-state index contributed by atoms with van der Waals surface area (Å²) in [6, 6.07) is 6.17. The lowest BCUT2D eigenvalue weighted by Crippen LogP contribution is -2.24. The van der Waals surface area contributed by atoms with Crippen molar-refractivity contribution in [1.82, 2.24) is 5.48 Å². The summed E-state index contributed by atoms with van der Waals surface area (Å²) in [5.74, 6) is -0.639. The number of rotatable bonds is 4. The Kier molecular flexibility index (Phi) is 3.37. The van der Waals surface area contributed by atoms with Crippen molar-refractivity contribution < 1.29 is 19.2 Å². The maximum Gasteiger partial charge on any atom is 0.320 e. The van der Waals surface area contributed by atoms with Crippen LogP contribution in [0.15, 0.2) is 24.3 Å². The number of hydroxylamine groups is 1. The minimum Gasteiger partial charge on any atom is -0.344 e. The summed E-state index contributed by atoms with van der Waals surface area (Å²) in [6.07, 6.45) is 0.551. The number of nitrogens with one attached hydrogen (secondary N) is 1. The predicted octanol–water partition coefficient (Wildman–Crippen LogP) is 0.317. The van der Waals surface area contributed by atoms with E-state index in [1.165, 1.54) is 12.1 Å². The van der Waals surface area contributed by atoms with Crippen LogP contribution in [0.3, 0.4) is 0 Å². The molecule has 14 heavy (non-hydrogen) atoms. The van der Waals surface area contributed by atoms with Crippen molar-refractivity contribution >= 4 is 18.7 Å². The van der Waals surface area contributed by atoms with Gasteiger partial charge in [0, 0.05) is 5.56 Å². The fourth-order valence-corrected chi connectivity index (χ4v) is 0.939. The first-order chi connectivity index (χ1) is 6.79. The number of hydrogen-bond acceptors (Lipinski definition) is 4. The summed E-state index contributed by atoms with van der Waals surface area (Å²) >= 11 is 0. The second-order valence-corrected chi connectivity index (χ2v) is 2.35. The normalized spacial score (nSPS) is 8.86. The molecule has 0 aliphatic rings. The number of carbonyl (C=O) groups is 3. The van der Waals surface area contributed by atoms with Crippen LogP contribution in [-0.2, 0) is 9.63 Å². The Morgan fingerprint density at radius 2 is 2.00 bits per heavy atom. The third-order valence-electron chi connectivity index (χ3n) is 1.53. The molecule has 0 bridgehead atoms. The molecule has 0 aliphatic carbocycles. The van der Waals surface area contributed by atoms with E-state index in [1.807, 2.05) is 5.48 Å². The van der Waals surface area contributed by atoms with E-state index in [0.717, 1.165) is 0 Å². The molecule has 0 unspecified atom stereocenters. The van der Waals surface area contributed by atoms with Crippen LogP contribution >= 0.6 is 0 Å². The highest BCUT2D eigenvalue weighted by molar-refractivity contribution is 6.01. The average Bonchev–Trinajstić information content (AvgIpc) is 2.25. The molecule has 0 saturated heterocycles. The summed E-state index contributed by atoms with van der Waals surface area (Å²) in [5, 5.41) is 0. The van der Waals surface area contributed by atoms with Gasteiger partial charge in [-0.15, -0.1) is 0 Å². The zero-order valence-corrected chi connectivity index (χ0v) is 7.10. The Morgan fingerprint density at radius 1 is 1.29 bits per heavy atom. The molecule has 0 saturated carbocycles. The van der Waals surface area contributed by atoms with Crippen molar-refractivity contribution in [2.45, 2.75) is 0 Å². The second-order valence-electron chi connectivity index (χ2n) is 2.35. The third kappa shape index (κ3) is 2.16. The van der Waals surface area contributed by atoms with Crippen molar-refractivity contribution in [2.24, 2.45) is 0 Å². The van der Waals surface area contributed by atoms with Gasteiger partial charge >= 0.3 is 6.47 Å². The van der Waals surface area contributed by atoms with E-state index in [2.05, 4.69) is 4.84 Å². The van der Waals surface area contributed by atoms with Crippen LogP contribution in [0.2, 0.25) is 0 Å². The summed E-state index contributed by atoms with van der Waals surface area (Å²) in [4.78, 5) is 35.6. The van der Waals surface area contributed by atoms with Crippen LogP contribution in [0.4, 0.5) is 0 Å². The Bertz CT molecular complexity index is 362. The zero-order chi connectivity index (χ0) is 10.4. The molecular weight excluding hydrogens is 186 g/mol.